The van der Waals surface area contributed by atoms with Gasteiger partial charge in [0.25, 0.3) is 0 Å². The molecule has 0 aromatic heterocycles. The van der Waals surface area contributed by atoms with Crippen molar-refractivity contribution < 1.29 is 23.8 Å². The van der Waals surface area contributed by atoms with Gasteiger partial charge in [-0.15, -0.1) is 0 Å². The Morgan fingerprint density at radius 2 is 2.00 bits per heavy atom. The third-order valence-corrected chi connectivity index (χ3v) is 3.28. The summed E-state index contributed by atoms with van der Waals surface area (Å²) in [6.07, 6.45) is 0.256. The molecule has 1 N–H and O–H groups in total. The number of halogens is 1. The number of carbonyl (C=O) groups is 1. The number of rotatable bonds is 7. The van der Waals surface area contributed by atoms with Crippen LogP contribution in [0.5, 0.6) is 11.5 Å². The number of ether oxygens (including phenoxy) is 2. The molecule has 1 atom stereocenters. The molecule has 1 unspecified atom stereocenters. The van der Waals surface area contributed by atoms with E-state index in [1.807, 2.05) is 0 Å². The summed E-state index contributed by atoms with van der Waals surface area (Å²) in [5, 5.41) is 9.42. The Morgan fingerprint density at radius 1 is 1.23 bits per heavy atom. The largest absolute Gasteiger partial charge is 0.496 e. The van der Waals surface area contributed by atoms with Crippen molar-refractivity contribution in [2.75, 3.05) is 13.7 Å². The Hall–Kier alpha value is -2.56. The maximum Gasteiger partial charge on any atom is 0.311 e. The van der Waals surface area contributed by atoms with Gasteiger partial charge in [0.15, 0.2) is 0 Å². The van der Waals surface area contributed by atoms with Crippen LogP contribution in [0.25, 0.3) is 0 Å². The predicted octanol–water partition coefficient (Wildman–Crippen LogP) is 3.47. The summed E-state index contributed by atoms with van der Waals surface area (Å²) >= 11 is 0. The number of hydrogen-bond acceptors (Lipinski definition) is 3. The number of hydrogen-bond donors (Lipinski definition) is 1. The molecule has 0 amide bonds. The molecule has 116 valence electrons. The second kappa shape index (κ2) is 7.45. The second-order valence-electron chi connectivity index (χ2n) is 4.73. The Kier molecular flexibility index (Phi) is 5.36. The molecule has 0 aliphatic rings. The van der Waals surface area contributed by atoms with Crippen LogP contribution in [0.1, 0.15) is 17.9 Å². The highest BCUT2D eigenvalue weighted by Crippen LogP contribution is 2.29. The average molecular weight is 304 g/mol. The molecule has 2 aromatic carbocycles. The van der Waals surface area contributed by atoms with Crippen molar-refractivity contribution >= 4 is 5.97 Å². The maximum absolute atomic E-state index is 13.1. The van der Waals surface area contributed by atoms with Gasteiger partial charge in [-0.1, -0.05) is 24.3 Å². The van der Waals surface area contributed by atoms with Gasteiger partial charge >= 0.3 is 5.97 Å². The summed E-state index contributed by atoms with van der Waals surface area (Å²) in [6.45, 7) is 0.165. The summed E-state index contributed by atoms with van der Waals surface area (Å²) in [5.74, 6) is -1.18. The van der Waals surface area contributed by atoms with E-state index < -0.39 is 17.7 Å². The van der Waals surface area contributed by atoms with Gasteiger partial charge in [-0.3, -0.25) is 4.79 Å². The van der Waals surface area contributed by atoms with Gasteiger partial charge < -0.3 is 14.6 Å². The molecule has 0 spiro atoms. The lowest BCUT2D eigenvalue weighted by Crippen LogP contribution is -2.16. The van der Waals surface area contributed by atoms with Crippen LogP contribution >= 0.6 is 0 Å². The van der Waals surface area contributed by atoms with Gasteiger partial charge in [-0.25, -0.2) is 4.39 Å². The quantitative estimate of drug-likeness (QED) is 0.851. The molecule has 0 heterocycles. The van der Waals surface area contributed by atoms with Crippen LogP contribution in [0.4, 0.5) is 4.39 Å². The summed E-state index contributed by atoms with van der Waals surface area (Å²) in [6, 6.07) is 12.7. The molecule has 0 radical (unpaired) electrons. The molecule has 0 aliphatic carbocycles. The highest BCUT2D eigenvalue weighted by molar-refractivity contribution is 5.77. The van der Waals surface area contributed by atoms with E-state index in [9.17, 15) is 14.3 Å². The Morgan fingerprint density at radius 3 is 2.68 bits per heavy atom. The Bertz CT molecular complexity index is 642. The smallest absolute Gasteiger partial charge is 0.311 e. The first-order chi connectivity index (χ1) is 10.6. The zero-order chi connectivity index (χ0) is 15.9. The van der Waals surface area contributed by atoms with Crippen molar-refractivity contribution in [3.05, 3.63) is 59.9 Å². The lowest BCUT2D eigenvalue weighted by Gasteiger charge is -2.16. The van der Waals surface area contributed by atoms with Crippen molar-refractivity contribution in [3.8, 4) is 11.5 Å². The number of carboxylic acid groups (broad SMARTS) is 1. The first-order valence-corrected chi connectivity index (χ1v) is 6.86. The van der Waals surface area contributed by atoms with Crippen LogP contribution in [-0.4, -0.2) is 24.8 Å². The molecule has 5 heteroatoms. The molecule has 0 fully saturated rings. The van der Waals surface area contributed by atoms with Crippen LogP contribution in [0.15, 0.2) is 48.5 Å². The summed E-state index contributed by atoms with van der Waals surface area (Å²) in [7, 11) is 1.50. The van der Waals surface area contributed by atoms with Crippen molar-refractivity contribution in [2.45, 2.75) is 12.3 Å². The predicted molar refractivity (Wildman–Crippen MR) is 79.9 cm³/mol. The van der Waals surface area contributed by atoms with E-state index in [-0.39, 0.29) is 13.0 Å². The van der Waals surface area contributed by atoms with Crippen molar-refractivity contribution in [2.24, 2.45) is 0 Å². The van der Waals surface area contributed by atoms with Crippen LogP contribution < -0.4 is 9.47 Å². The van der Waals surface area contributed by atoms with E-state index in [2.05, 4.69) is 0 Å². The number of para-hydroxylation sites is 1. The molecule has 4 nitrogen and oxygen atoms in total. The molecule has 2 rings (SSSR count). The standard InChI is InChI=1S/C17H17FO4/c1-21-16-8-3-2-7-14(16)15(17(19)20)9-10-22-13-6-4-5-12(18)11-13/h2-8,11,15H,9-10H2,1H3,(H,19,20). The molecule has 0 aliphatic heterocycles. The topological polar surface area (TPSA) is 55.8 Å². The van der Waals surface area contributed by atoms with E-state index in [4.69, 9.17) is 9.47 Å². The number of methoxy groups -OCH3 is 1. The van der Waals surface area contributed by atoms with E-state index >= 15 is 0 Å². The van der Waals surface area contributed by atoms with Crippen LogP contribution in [0, 0.1) is 5.82 Å². The lowest BCUT2D eigenvalue weighted by molar-refractivity contribution is -0.139. The summed E-state index contributed by atoms with van der Waals surface area (Å²) in [5.41, 5.74) is 0.598. The molecule has 0 saturated carbocycles. The highest BCUT2D eigenvalue weighted by atomic mass is 19.1. The zero-order valence-electron chi connectivity index (χ0n) is 12.2. The Labute approximate surface area is 128 Å². The monoisotopic (exact) mass is 304 g/mol. The minimum atomic E-state index is -0.952. The van der Waals surface area contributed by atoms with Gasteiger partial charge in [0, 0.05) is 11.6 Å². The van der Waals surface area contributed by atoms with Crippen LogP contribution in [-0.2, 0) is 4.79 Å². The van der Waals surface area contributed by atoms with E-state index in [0.29, 0.717) is 17.1 Å². The maximum atomic E-state index is 13.1. The normalized spacial score (nSPS) is 11.7. The fraction of sp³-hybridized carbons (Fsp3) is 0.235. The minimum Gasteiger partial charge on any atom is -0.496 e. The summed E-state index contributed by atoms with van der Waals surface area (Å²) in [4.78, 5) is 11.5. The second-order valence-corrected chi connectivity index (χ2v) is 4.73. The van der Waals surface area contributed by atoms with Crippen LogP contribution in [0.2, 0.25) is 0 Å². The molecule has 2 aromatic rings. The van der Waals surface area contributed by atoms with Gasteiger partial charge in [-0.2, -0.15) is 0 Å². The molecule has 0 bridgehead atoms. The average Bonchev–Trinajstić information content (AvgIpc) is 2.51. The Balaban J connectivity index is 2.05. The number of carboxylic acids is 1. The van der Waals surface area contributed by atoms with E-state index in [1.165, 1.54) is 19.2 Å². The van der Waals surface area contributed by atoms with Gasteiger partial charge in [0.2, 0.25) is 0 Å². The summed E-state index contributed by atoms with van der Waals surface area (Å²) < 4.78 is 23.7. The SMILES string of the molecule is COc1ccccc1C(CCOc1cccc(F)c1)C(=O)O. The van der Waals surface area contributed by atoms with Gasteiger partial charge in [-0.05, 0) is 24.6 Å². The van der Waals surface area contributed by atoms with Crippen molar-refractivity contribution in [1.82, 2.24) is 0 Å². The fourth-order valence-electron chi connectivity index (χ4n) is 2.22. The third-order valence-electron chi connectivity index (χ3n) is 3.28. The van der Waals surface area contributed by atoms with E-state index in [0.717, 1.165) is 0 Å². The van der Waals surface area contributed by atoms with E-state index in [1.54, 1.807) is 36.4 Å². The van der Waals surface area contributed by atoms with Crippen LogP contribution in [0.3, 0.4) is 0 Å². The van der Waals surface area contributed by atoms with Crippen molar-refractivity contribution in [1.29, 1.82) is 0 Å². The fourth-order valence-corrected chi connectivity index (χ4v) is 2.22. The number of aliphatic carboxylic acids is 1. The first kappa shape index (κ1) is 15.8. The third kappa shape index (κ3) is 3.97. The zero-order valence-corrected chi connectivity index (χ0v) is 12.2. The van der Waals surface area contributed by atoms with Crippen molar-refractivity contribution in [3.63, 3.8) is 0 Å². The first-order valence-electron chi connectivity index (χ1n) is 6.86. The molecular weight excluding hydrogens is 287 g/mol. The van der Waals surface area contributed by atoms with Gasteiger partial charge in [0.1, 0.15) is 17.3 Å². The molecule has 0 saturated heterocycles. The highest BCUT2D eigenvalue weighted by Gasteiger charge is 2.23. The van der Waals surface area contributed by atoms with Gasteiger partial charge in [0.05, 0.1) is 19.6 Å². The molecular formula is C17H17FO4. The number of benzene rings is 2. The lowest BCUT2D eigenvalue weighted by atomic mass is 9.95. The molecule has 22 heavy (non-hydrogen) atoms. The minimum absolute atomic E-state index is 0.165.